The largest absolute Gasteiger partial charge is 0.145 e. The van der Waals surface area contributed by atoms with Gasteiger partial charge in [-0.3, -0.25) is 0 Å². The van der Waals surface area contributed by atoms with E-state index in [4.69, 9.17) is 23.2 Å². The van der Waals surface area contributed by atoms with Crippen LogP contribution in [0.1, 0.15) is 15.8 Å². The van der Waals surface area contributed by atoms with E-state index in [0.29, 0.717) is 0 Å². The molecule has 1 unspecified atom stereocenters. The van der Waals surface area contributed by atoms with Crippen molar-refractivity contribution >= 4 is 68.5 Å². The molecule has 0 aliphatic rings. The number of rotatable bonds is 2. The van der Waals surface area contributed by atoms with Gasteiger partial charge in [-0.15, -0.1) is 34.3 Å². The van der Waals surface area contributed by atoms with E-state index in [0.717, 1.165) is 15.5 Å². The molecule has 0 amide bonds. The first-order valence-electron chi connectivity index (χ1n) is 3.79. The van der Waals surface area contributed by atoms with Crippen LogP contribution in [-0.4, -0.2) is 0 Å². The molecule has 2 heterocycles. The van der Waals surface area contributed by atoms with E-state index < -0.39 is 0 Å². The summed E-state index contributed by atoms with van der Waals surface area (Å²) in [6.07, 6.45) is 0. The number of thiophene rings is 2. The van der Waals surface area contributed by atoms with Crippen LogP contribution in [0.2, 0.25) is 5.02 Å². The normalized spacial score (nSPS) is 13.1. The number of halogens is 3. The third kappa shape index (κ3) is 2.27. The molecule has 0 nitrogen and oxygen atoms in total. The maximum Gasteiger partial charge on any atom is 0.0951 e. The van der Waals surface area contributed by atoms with Crippen molar-refractivity contribution in [2.24, 2.45) is 0 Å². The van der Waals surface area contributed by atoms with E-state index in [9.17, 15) is 0 Å². The van der Waals surface area contributed by atoms with Crippen molar-refractivity contribution in [3.8, 4) is 0 Å². The molecule has 0 aliphatic heterocycles. The molecule has 0 saturated carbocycles. The fourth-order valence-corrected chi connectivity index (χ4v) is 4.19. The van der Waals surface area contributed by atoms with Gasteiger partial charge in [0, 0.05) is 4.88 Å². The van der Waals surface area contributed by atoms with Crippen molar-refractivity contribution < 1.29 is 0 Å². The van der Waals surface area contributed by atoms with Gasteiger partial charge in [-0.1, -0.05) is 11.6 Å². The molecule has 0 radical (unpaired) electrons. The summed E-state index contributed by atoms with van der Waals surface area (Å²) in [5.74, 6) is 0. The molecule has 0 N–H and O–H groups in total. The van der Waals surface area contributed by atoms with Gasteiger partial charge in [0.15, 0.2) is 0 Å². The van der Waals surface area contributed by atoms with Crippen molar-refractivity contribution in [3.05, 3.63) is 41.2 Å². The molecule has 0 saturated heterocycles. The molecule has 0 bridgehead atoms. The molecule has 1 atom stereocenters. The Bertz CT molecular complexity index is 435. The highest BCUT2D eigenvalue weighted by molar-refractivity contribution is 14.1. The summed E-state index contributed by atoms with van der Waals surface area (Å²) < 4.78 is 1.25. The van der Waals surface area contributed by atoms with Gasteiger partial charge >= 0.3 is 0 Å². The third-order valence-electron chi connectivity index (χ3n) is 1.76. The quantitative estimate of drug-likeness (QED) is 0.488. The van der Waals surface area contributed by atoms with Crippen LogP contribution in [0, 0.1) is 2.88 Å². The summed E-state index contributed by atoms with van der Waals surface area (Å²) in [6.45, 7) is 0. The van der Waals surface area contributed by atoms with Crippen LogP contribution in [0.3, 0.4) is 0 Å². The van der Waals surface area contributed by atoms with E-state index in [1.807, 2.05) is 11.4 Å². The molecular weight excluding hydrogens is 370 g/mol. The standard InChI is InChI=1S/C9H5Cl2IS2/c10-6-1-2-13-9(6)8(11)5-3-7(12)14-4-5/h1-4,8H. The fraction of sp³-hybridized carbons (Fsp3) is 0.111. The predicted octanol–water partition coefficient (Wildman–Crippen LogP) is 5.40. The van der Waals surface area contributed by atoms with Gasteiger partial charge in [0.05, 0.1) is 13.3 Å². The van der Waals surface area contributed by atoms with Crippen molar-refractivity contribution in [2.45, 2.75) is 5.38 Å². The van der Waals surface area contributed by atoms with Gasteiger partial charge in [0.2, 0.25) is 0 Å². The molecule has 0 spiro atoms. The molecular formula is C9H5Cl2IS2. The van der Waals surface area contributed by atoms with Gasteiger partial charge < -0.3 is 0 Å². The molecule has 0 aliphatic carbocycles. The number of hydrogen-bond acceptors (Lipinski definition) is 2. The highest BCUT2D eigenvalue weighted by Gasteiger charge is 2.16. The lowest BCUT2D eigenvalue weighted by Crippen LogP contribution is -1.87. The Morgan fingerprint density at radius 2 is 2.14 bits per heavy atom. The van der Waals surface area contributed by atoms with E-state index in [2.05, 4.69) is 34.0 Å². The van der Waals surface area contributed by atoms with E-state index in [-0.39, 0.29) is 5.38 Å². The minimum atomic E-state index is -0.109. The summed E-state index contributed by atoms with van der Waals surface area (Å²) in [6, 6.07) is 3.98. The van der Waals surface area contributed by atoms with Crippen LogP contribution in [0.4, 0.5) is 0 Å². The zero-order valence-electron chi connectivity index (χ0n) is 6.84. The van der Waals surface area contributed by atoms with Crippen LogP contribution in [0.5, 0.6) is 0 Å². The smallest absolute Gasteiger partial charge is 0.0951 e. The minimum Gasteiger partial charge on any atom is -0.145 e. The van der Waals surface area contributed by atoms with E-state index in [1.165, 1.54) is 2.88 Å². The zero-order chi connectivity index (χ0) is 10.1. The number of hydrogen-bond donors (Lipinski definition) is 0. The molecule has 2 rings (SSSR count). The second kappa shape index (κ2) is 4.70. The lowest BCUT2D eigenvalue weighted by molar-refractivity contribution is 1.20. The average Bonchev–Trinajstić information content (AvgIpc) is 2.73. The Morgan fingerprint density at radius 3 is 2.64 bits per heavy atom. The second-order valence-electron chi connectivity index (χ2n) is 2.68. The second-order valence-corrected chi connectivity index (χ2v) is 7.28. The van der Waals surface area contributed by atoms with Crippen molar-refractivity contribution in [1.29, 1.82) is 0 Å². The van der Waals surface area contributed by atoms with Crippen LogP contribution in [0.25, 0.3) is 0 Å². The average molecular weight is 375 g/mol. The molecule has 0 fully saturated rings. The van der Waals surface area contributed by atoms with Crippen molar-refractivity contribution in [3.63, 3.8) is 0 Å². The first-order chi connectivity index (χ1) is 6.68. The molecule has 5 heteroatoms. The molecule has 2 aromatic heterocycles. The van der Waals surface area contributed by atoms with E-state index in [1.54, 1.807) is 22.7 Å². The maximum absolute atomic E-state index is 6.32. The highest BCUT2D eigenvalue weighted by atomic mass is 127. The summed E-state index contributed by atoms with van der Waals surface area (Å²) in [7, 11) is 0. The molecule has 74 valence electrons. The molecule has 2 aromatic rings. The molecule has 14 heavy (non-hydrogen) atoms. The van der Waals surface area contributed by atoms with Gasteiger partial charge in [-0.25, -0.2) is 0 Å². The van der Waals surface area contributed by atoms with Gasteiger partial charge in [0.1, 0.15) is 0 Å². The van der Waals surface area contributed by atoms with Crippen LogP contribution in [0.15, 0.2) is 22.9 Å². The van der Waals surface area contributed by atoms with Crippen molar-refractivity contribution in [2.75, 3.05) is 0 Å². The first-order valence-corrected chi connectivity index (χ1v) is 7.44. The Morgan fingerprint density at radius 1 is 1.36 bits per heavy atom. The Hall–Kier alpha value is 0.710. The zero-order valence-corrected chi connectivity index (χ0v) is 12.1. The summed E-state index contributed by atoms with van der Waals surface area (Å²) in [4.78, 5) is 1.03. The lowest BCUT2D eigenvalue weighted by atomic mass is 10.2. The van der Waals surface area contributed by atoms with Gasteiger partial charge in [-0.05, 0) is 51.0 Å². The Balaban J connectivity index is 2.33. The number of alkyl halides is 1. The Labute approximate surface area is 114 Å². The monoisotopic (exact) mass is 374 g/mol. The fourth-order valence-electron chi connectivity index (χ4n) is 1.09. The van der Waals surface area contributed by atoms with Gasteiger partial charge in [-0.2, -0.15) is 0 Å². The van der Waals surface area contributed by atoms with Gasteiger partial charge in [0.25, 0.3) is 0 Å². The van der Waals surface area contributed by atoms with Crippen molar-refractivity contribution in [1.82, 2.24) is 0 Å². The minimum absolute atomic E-state index is 0.109. The third-order valence-corrected chi connectivity index (χ3v) is 5.59. The first kappa shape index (κ1) is 11.2. The highest BCUT2D eigenvalue weighted by Crippen LogP contribution is 2.38. The topological polar surface area (TPSA) is 0 Å². The van der Waals surface area contributed by atoms with E-state index >= 15 is 0 Å². The van der Waals surface area contributed by atoms with Crippen LogP contribution >= 0.6 is 68.5 Å². The maximum atomic E-state index is 6.32. The lowest BCUT2D eigenvalue weighted by Gasteiger charge is -2.04. The Kier molecular flexibility index (Phi) is 3.76. The summed E-state index contributed by atoms with van der Waals surface area (Å²) in [5.41, 5.74) is 1.13. The summed E-state index contributed by atoms with van der Waals surface area (Å²) in [5, 5.41) is 4.69. The predicted molar refractivity (Wildman–Crippen MR) is 74.1 cm³/mol. The summed E-state index contributed by atoms with van der Waals surface area (Å²) >= 11 is 17.9. The molecule has 0 aromatic carbocycles. The van der Waals surface area contributed by atoms with Crippen LogP contribution < -0.4 is 0 Å². The SMILES string of the molecule is Clc1ccsc1C(Cl)c1csc(I)c1. The van der Waals surface area contributed by atoms with Crippen LogP contribution in [-0.2, 0) is 0 Å².